The second-order valence-corrected chi connectivity index (χ2v) is 8.55. The van der Waals surface area contributed by atoms with Crippen molar-refractivity contribution >= 4 is 45.5 Å². The molecule has 1 aliphatic rings. The molecule has 0 amide bonds. The molecule has 146 valence electrons. The van der Waals surface area contributed by atoms with Crippen molar-refractivity contribution in [2.45, 2.75) is 16.5 Å². The minimum atomic E-state index is 0.575. The van der Waals surface area contributed by atoms with E-state index in [1.165, 1.54) is 11.3 Å². The number of para-hydroxylation sites is 2. The van der Waals surface area contributed by atoms with Crippen molar-refractivity contribution in [2.24, 2.45) is 0 Å². The summed E-state index contributed by atoms with van der Waals surface area (Å²) in [6.07, 6.45) is 0.849. The lowest BCUT2D eigenvalue weighted by atomic mass is 10.2. The SMILES string of the molecule is COc1ccccc1Nc1nnc(SCc2cc(Cl)c3c(c2)OCCCO3)s1. The Bertz CT molecular complexity index is 967. The first-order chi connectivity index (χ1) is 13.7. The normalized spacial score (nSPS) is 13.1. The first kappa shape index (κ1) is 19.2. The molecule has 0 saturated heterocycles. The third-order valence-corrected chi connectivity index (χ3v) is 6.30. The summed E-state index contributed by atoms with van der Waals surface area (Å²) >= 11 is 9.45. The summed E-state index contributed by atoms with van der Waals surface area (Å²) in [5.41, 5.74) is 1.90. The molecule has 0 atom stereocenters. The Hall–Kier alpha value is -2.16. The van der Waals surface area contributed by atoms with E-state index in [-0.39, 0.29) is 0 Å². The number of hydrogen-bond donors (Lipinski definition) is 1. The molecule has 4 rings (SSSR count). The number of aromatic nitrogens is 2. The average Bonchev–Trinajstić information content (AvgIpc) is 3.01. The number of hydrogen-bond acceptors (Lipinski definition) is 8. The van der Waals surface area contributed by atoms with Crippen LogP contribution in [0.5, 0.6) is 17.2 Å². The van der Waals surface area contributed by atoms with Gasteiger partial charge in [0.1, 0.15) is 5.75 Å². The van der Waals surface area contributed by atoms with Crippen molar-refractivity contribution in [3.63, 3.8) is 0 Å². The van der Waals surface area contributed by atoms with E-state index in [0.717, 1.165) is 27.8 Å². The maximum Gasteiger partial charge on any atom is 0.210 e. The molecule has 3 aromatic rings. The van der Waals surface area contributed by atoms with Gasteiger partial charge in [-0.15, -0.1) is 10.2 Å². The minimum Gasteiger partial charge on any atom is -0.495 e. The van der Waals surface area contributed by atoms with E-state index in [9.17, 15) is 0 Å². The summed E-state index contributed by atoms with van der Waals surface area (Å²) in [7, 11) is 1.64. The zero-order chi connectivity index (χ0) is 19.3. The largest absolute Gasteiger partial charge is 0.495 e. The van der Waals surface area contributed by atoms with Gasteiger partial charge in [-0.25, -0.2) is 0 Å². The van der Waals surface area contributed by atoms with Crippen LogP contribution in [0.2, 0.25) is 5.02 Å². The molecule has 1 N–H and O–H groups in total. The highest BCUT2D eigenvalue weighted by Gasteiger charge is 2.16. The Morgan fingerprint density at radius 1 is 1.21 bits per heavy atom. The van der Waals surface area contributed by atoms with Gasteiger partial charge in [-0.05, 0) is 29.8 Å². The molecule has 0 bridgehead atoms. The van der Waals surface area contributed by atoms with Gasteiger partial charge in [-0.2, -0.15) is 0 Å². The van der Waals surface area contributed by atoms with E-state index in [4.69, 9.17) is 25.8 Å². The first-order valence-electron chi connectivity index (χ1n) is 8.67. The van der Waals surface area contributed by atoms with Crippen LogP contribution >= 0.6 is 34.7 Å². The molecule has 1 aliphatic heterocycles. The van der Waals surface area contributed by atoms with Crippen LogP contribution < -0.4 is 19.5 Å². The molecule has 2 aromatic carbocycles. The van der Waals surface area contributed by atoms with E-state index >= 15 is 0 Å². The predicted octanol–water partition coefficient (Wildman–Crippen LogP) is 5.40. The van der Waals surface area contributed by atoms with Crippen molar-refractivity contribution < 1.29 is 14.2 Å². The molecule has 6 nitrogen and oxygen atoms in total. The van der Waals surface area contributed by atoms with E-state index in [1.54, 1.807) is 18.9 Å². The average molecular weight is 436 g/mol. The van der Waals surface area contributed by atoms with Crippen LogP contribution in [0, 0.1) is 0 Å². The fourth-order valence-electron chi connectivity index (χ4n) is 2.69. The van der Waals surface area contributed by atoms with Gasteiger partial charge in [0.25, 0.3) is 0 Å². The Balaban J connectivity index is 1.42. The van der Waals surface area contributed by atoms with Gasteiger partial charge >= 0.3 is 0 Å². The Labute approximate surface area is 176 Å². The fourth-order valence-corrected chi connectivity index (χ4v) is 4.68. The predicted molar refractivity (Wildman–Crippen MR) is 113 cm³/mol. The summed E-state index contributed by atoms with van der Waals surface area (Å²) in [5, 5.41) is 13.0. The molecule has 9 heteroatoms. The van der Waals surface area contributed by atoms with E-state index in [1.807, 2.05) is 36.4 Å². The van der Waals surface area contributed by atoms with Crippen molar-refractivity contribution in [1.82, 2.24) is 10.2 Å². The zero-order valence-corrected chi connectivity index (χ0v) is 17.5. The quantitative estimate of drug-likeness (QED) is 0.520. The lowest BCUT2D eigenvalue weighted by molar-refractivity contribution is 0.297. The van der Waals surface area contributed by atoms with Crippen LogP contribution in [-0.4, -0.2) is 30.5 Å². The Morgan fingerprint density at radius 2 is 2.07 bits per heavy atom. The van der Waals surface area contributed by atoms with Crippen molar-refractivity contribution in [1.29, 1.82) is 0 Å². The highest BCUT2D eigenvalue weighted by molar-refractivity contribution is 8.00. The van der Waals surface area contributed by atoms with Gasteiger partial charge in [0.05, 0.1) is 31.0 Å². The molecule has 2 heterocycles. The number of nitrogens with zero attached hydrogens (tertiary/aromatic N) is 2. The maximum atomic E-state index is 6.36. The highest BCUT2D eigenvalue weighted by atomic mass is 35.5. The van der Waals surface area contributed by atoms with Gasteiger partial charge in [0.15, 0.2) is 15.8 Å². The molecule has 1 aromatic heterocycles. The zero-order valence-electron chi connectivity index (χ0n) is 15.1. The molecule has 0 radical (unpaired) electrons. The first-order valence-corrected chi connectivity index (χ1v) is 10.9. The van der Waals surface area contributed by atoms with Gasteiger partial charge in [-0.3, -0.25) is 0 Å². The number of anilines is 2. The lowest BCUT2D eigenvalue weighted by Gasteiger charge is -2.11. The van der Waals surface area contributed by atoms with Crippen LogP contribution in [0.1, 0.15) is 12.0 Å². The molecule has 0 unspecified atom stereocenters. The smallest absolute Gasteiger partial charge is 0.210 e. The summed E-state index contributed by atoms with van der Waals surface area (Å²) in [6, 6.07) is 11.6. The summed E-state index contributed by atoms with van der Waals surface area (Å²) in [6.45, 7) is 1.25. The standard InChI is InChI=1S/C19H18ClN3O3S2/c1-24-15-6-3-2-5-14(15)21-18-22-23-19(28-18)27-11-12-9-13(20)17-16(10-12)25-7-4-8-26-17/h2-3,5-6,9-10H,4,7-8,11H2,1H3,(H,21,22). The Kier molecular flexibility index (Phi) is 6.09. The number of rotatable bonds is 6. The fraction of sp³-hybridized carbons (Fsp3) is 0.263. The molecular formula is C19H18ClN3O3S2. The summed E-state index contributed by atoms with van der Waals surface area (Å²) in [5.74, 6) is 2.80. The monoisotopic (exact) mass is 435 g/mol. The summed E-state index contributed by atoms with van der Waals surface area (Å²) < 4.78 is 17.6. The second kappa shape index (κ2) is 8.89. The number of fused-ring (bicyclic) bond motifs is 1. The van der Waals surface area contributed by atoms with Gasteiger partial charge in [-0.1, -0.05) is 46.8 Å². The van der Waals surface area contributed by atoms with Gasteiger partial charge in [0, 0.05) is 12.2 Å². The number of ether oxygens (including phenoxy) is 3. The number of nitrogens with one attached hydrogen (secondary N) is 1. The highest BCUT2D eigenvalue weighted by Crippen LogP contribution is 2.40. The molecule has 0 aliphatic carbocycles. The Morgan fingerprint density at radius 3 is 2.96 bits per heavy atom. The van der Waals surface area contributed by atoms with Gasteiger partial charge < -0.3 is 19.5 Å². The second-order valence-electron chi connectivity index (χ2n) is 5.94. The van der Waals surface area contributed by atoms with Crippen LogP contribution in [0.25, 0.3) is 0 Å². The van der Waals surface area contributed by atoms with E-state index < -0.39 is 0 Å². The number of methoxy groups -OCH3 is 1. The third-order valence-electron chi connectivity index (χ3n) is 3.98. The topological polar surface area (TPSA) is 65.5 Å². The molecular weight excluding hydrogens is 418 g/mol. The molecule has 28 heavy (non-hydrogen) atoms. The molecule has 0 saturated carbocycles. The van der Waals surface area contributed by atoms with E-state index in [0.29, 0.717) is 40.6 Å². The van der Waals surface area contributed by atoms with Crippen LogP contribution in [0.3, 0.4) is 0 Å². The molecule has 0 fully saturated rings. The minimum absolute atomic E-state index is 0.575. The lowest BCUT2D eigenvalue weighted by Crippen LogP contribution is -1.97. The maximum absolute atomic E-state index is 6.36. The van der Waals surface area contributed by atoms with Crippen LogP contribution in [0.15, 0.2) is 40.7 Å². The number of benzene rings is 2. The number of halogens is 1. The van der Waals surface area contributed by atoms with Crippen LogP contribution in [0.4, 0.5) is 10.8 Å². The van der Waals surface area contributed by atoms with Crippen molar-refractivity contribution in [2.75, 3.05) is 25.6 Å². The van der Waals surface area contributed by atoms with Crippen molar-refractivity contribution in [3.8, 4) is 17.2 Å². The van der Waals surface area contributed by atoms with Crippen LogP contribution in [-0.2, 0) is 5.75 Å². The molecule has 0 spiro atoms. The third kappa shape index (κ3) is 4.45. The van der Waals surface area contributed by atoms with Gasteiger partial charge in [0.2, 0.25) is 5.13 Å². The van der Waals surface area contributed by atoms with E-state index in [2.05, 4.69) is 15.5 Å². The number of thioether (sulfide) groups is 1. The summed E-state index contributed by atoms with van der Waals surface area (Å²) in [4.78, 5) is 0. The van der Waals surface area contributed by atoms with Crippen molar-refractivity contribution in [3.05, 3.63) is 47.0 Å².